The quantitative estimate of drug-likeness (QED) is 0.456. The molecule has 11 nitrogen and oxygen atoms in total. The number of nitrogens with zero attached hydrogens (tertiary/aromatic N) is 4. The van der Waals surface area contributed by atoms with Crippen LogP contribution in [-0.2, 0) is 22.6 Å². The SMILES string of the molecule is CNC(=O)c1cc(COc2cnc(Nc3cnn(C[C@]4(C)COC(C)(C)O4)c3)nc2)c(F)c(OC)c1. The molecule has 0 saturated carbocycles. The first kappa shape index (κ1) is 25.3. The van der Waals surface area contributed by atoms with Crippen LogP contribution in [0.3, 0.4) is 0 Å². The number of benzene rings is 1. The van der Waals surface area contributed by atoms with Gasteiger partial charge in [-0.3, -0.25) is 9.48 Å². The second-order valence-corrected chi connectivity index (χ2v) is 9.05. The number of hydrogen-bond acceptors (Lipinski definition) is 9. The third kappa shape index (κ3) is 5.89. The third-order valence-corrected chi connectivity index (χ3v) is 5.45. The van der Waals surface area contributed by atoms with E-state index in [1.54, 1.807) is 10.9 Å². The van der Waals surface area contributed by atoms with Gasteiger partial charge < -0.3 is 29.6 Å². The fraction of sp³-hybridized carbons (Fsp3) is 0.417. The Balaban J connectivity index is 1.36. The monoisotopic (exact) mass is 500 g/mol. The van der Waals surface area contributed by atoms with E-state index in [9.17, 15) is 9.18 Å². The van der Waals surface area contributed by atoms with Crippen molar-refractivity contribution in [3.63, 3.8) is 0 Å². The van der Waals surface area contributed by atoms with E-state index in [-0.39, 0.29) is 29.4 Å². The van der Waals surface area contributed by atoms with Gasteiger partial charge in [-0.25, -0.2) is 14.4 Å². The predicted molar refractivity (Wildman–Crippen MR) is 128 cm³/mol. The number of methoxy groups -OCH3 is 1. The van der Waals surface area contributed by atoms with Crippen molar-refractivity contribution in [2.24, 2.45) is 0 Å². The molecule has 1 aromatic carbocycles. The van der Waals surface area contributed by atoms with Gasteiger partial charge in [0.05, 0.1) is 44.5 Å². The first-order chi connectivity index (χ1) is 17.1. The van der Waals surface area contributed by atoms with Gasteiger partial charge in [0.15, 0.2) is 23.1 Å². The van der Waals surface area contributed by atoms with Crippen LogP contribution in [-0.4, -0.2) is 57.8 Å². The minimum absolute atomic E-state index is 0.0456. The standard InChI is InChI=1S/C24H29FN6O5/c1-23(2)35-14-24(3,36-23)13-31-11-17(8-29-31)30-22-27-9-18(10-28-22)34-12-16-6-15(21(32)26-4)7-19(33-5)20(16)25/h6-11H,12-14H2,1-5H3,(H,26,32)(H,27,28,30)/t24-/m1/s1. The third-order valence-electron chi connectivity index (χ3n) is 5.45. The lowest BCUT2D eigenvalue weighted by Gasteiger charge is -2.24. The molecule has 36 heavy (non-hydrogen) atoms. The van der Waals surface area contributed by atoms with Crippen LogP contribution in [0, 0.1) is 5.82 Å². The van der Waals surface area contributed by atoms with Crippen molar-refractivity contribution in [2.75, 3.05) is 26.1 Å². The summed E-state index contributed by atoms with van der Waals surface area (Å²) in [6.45, 7) is 6.60. The van der Waals surface area contributed by atoms with Crippen molar-refractivity contribution in [1.82, 2.24) is 25.1 Å². The van der Waals surface area contributed by atoms with Crippen LogP contribution in [0.25, 0.3) is 0 Å². The fourth-order valence-corrected chi connectivity index (χ4v) is 3.84. The highest BCUT2D eigenvalue weighted by atomic mass is 19.1. The minimum Gasteiger partial charge on any atom is -0.494 e. The van der Waals surface area contributed by atoms with E-state index in [1.807, 2.05) is 27.0 Å². The minimum atomic E-state index is -0.620. The van der Waals surface area contributed by atoms with E-state index in [4.69, 9.17) is 18.9 Å². The second-order valence-electron chi connectivity index (χ2n) is 9.05. The average molecular weight is 501 g/mol. The Morgan fingerprint density at radius 3 is 2.61 bits per heavy atom. The van der Waals surface area contributed by atoms with Crippen LogP contribution >= 0.6 is 0 Å². The molecule has 0 bridgehead atoms. The van der Waals surface area contributed by atoms with E-state index in [0.717, 1.165) is 0 Å². The van der Waals surface area contributed by atoms with Gasteiger partial charge in [0.1, 0.15) is 12.2 Å². The molecule has 0 spiro atoms. The zero-order chi connectivity index (χ0) is 25.9. The number of nitrogens with one attached hydrogen (secondary N) is 2. The van der Waals surface area contributed by atoms with Crippen molar-refractivity contribution in [3.8, 4) is 11.5 Å². The Hall–Kier alpha value is -3.77. The maximum Gasteiger partial charge on any atom is 0.251 e. The normalized spacial score (nSPS) is 18.6. The van der Waals surface area contributed by atoms with Crippen LogP contribution < -0.4 is 20.1 Å². The van der Waals surface area contributed by atoms with Gasteiger partial charge in [-0.1, -0.05) is 0 Å². The Morgan fingerprint density at radius 2 is 1.97 bits per heavy atom. The Labute approximate surface area is 207 Å². The molecule has 0 aliphatic carbocycles. The summed E-state index contributed by atoms with van der Waals surface area (Å²) in [5, 5.41) is 9.94. The summed E-state index contributed by atoms with van der Waals surface area (Å²) in [7, 11) is 2.82. The molecule has 0 radical (unpaired) electrons. The average Bonchev–Trinajstić information content (AvgIpc) is 3.40. The summed E-state index contributed by atoms with van der Waals surface area (Å²) in [4.78, 5) is 20.4. The molecule has 1 aliphatic rings. The first-order valence-electron chi connectivity index (χ1n) is 11.3. The summed E-state index contributed by atoms with van der Waals surface area (Å²) in [5.41, 5.74) is 0.642. The summed E-state index contributed by atoms with van der Waals surface area (Å²) in [6, 6.07) is 2.74. The molecule has 1 fully saturated rings. The largest absolute Gasteiger partial charge is 0.494 e. The van der Waals surface area contributed by atoms with Crippen molar-refractivity contribution in [2.45, 2.75) is 45.3 Å². The molecular formula is C24H29FN6O5. The first-order valence-corrected chi connectivity index (χ1v) is 11.3. The molecule has 2 N–H and O–H groups in total. The van der Waals surface area contributed by atoms with Crippen molar-refractivity contribution >= 4 is 17.5 Å². The Kier molecular flexibility index (Phi) is 7.09. The zero-order valence-corrected chi connectivity index (χ0v) is 20.8. The van der Waals surface area contributed by atoms with Crippen molar-refractivity contribution < 1.29 is 28.1 Å². The van der Waals surface area contributed by atoms with E-state index in [0.29, 0.717) is 30.5 Å². The Morgan fingerprint density at radius 1 is 1.22 bits per heavy atom. The molecule has 3 heterocycles. The number of halogens is 1. The molecule has 1 atom stereocenters. The van der Waals surface area contributed by atoms with Gasteiger partial charge in [-0.05, 0) is 32.9 Å². The van der Waals surface area contributed by atoms with Gasteiger partial charge in [0.2, 0.25) is 5.95 Å². The molecule has 3 aromatic rings. The second kappa shape index (κ2) is 10.1. The van der Waals surface area contributed by atoms with Crippen LogP contribution in [0.15, 0.2) is 36.9 Å². The van der Waals surface area contributed by atoms with E-state index >= 15 is 0 Å². The summed E-state index contributed by atoms with van der Waals surface area (Å²) >= 11 is 0. The topological polar surface area (TPSA) is 122 Å². The number of aromatic nitrogens is 4. The Bertz CT molecular complexity index is 1230. The highest BCUT2D eigenvalue weighted by Gasteiger charge is 2.42. The number of carbonyl (C=O) groups is 1. The molecule has 0 unspecified atom stereocenters. The summed E-state index contributed by atoms with van der Waals surface area (Å²) in [6.07, 6.45) is 6.41. The van der Waals surface area contributed by atoms with Crippen LogP contribution in [0.1, 0.15) is 36.7 Å². The van der Waals surface area contributed by atoms with Crippen molar-refractivity contribution in [1.29, 1.82) is 0 Å². The molecule has 2 aromatic heterocycles. The highest BCUT2D eigenvalue weighted by Crippen LogP contribution is 2.32. The fourth-order valence-electron chi connectivity index (χ4n) is 3.84. The van der Waals surface area contributed by atoms with E-state index in [2.05, 4.69) is 25.7 Å². The number of anilines is 2. The number of amides is 1. The summed E-state index contributed by atoms with van der Waals surface area (Å²) < 4.78 is 38.7. The van der Waals surface area contributed by atoms with Crippen LogP contribution in [0.5, 0.6) is 11.5 Å². The van der Waals surface area contributed by atoms with Gasteiger partial charge in [0, 0.05) is 24.4 Å². The maximum absolute atomic E-state index is 14.6. The van der Waals surface area contributed by atoms with Crippen LogP contribution in [0.4, 0.5) is 16.0 Å². The van der Waals surface area contributed by atoms with Crippen LogP contribution in [0.2, 0.25) is 0 Å². The number of hydrogen-bond donors (Lipinski definition) is 2. The number of rotatable bonds is 9. The molecule has 12 heteroatoms. The molecule has 1 amide bonds. The zero-order valence-electron chi connectivity index (χ0n) is 20.8. The lowest BCUT2D eigenvalue weighted by molar-refractivity contribution is -0.160. The lowest BCUT2D eigenvalue weighted by Crippen LogP contribution is -2.35. The highest BCUT2D eigenvalue weighted by molar-refractivity contribution is 5.94. The molecule has 1 aliphatic heterocycles. The lowest BCUT2D eigenvalue weighted by atomic mass is 10.1. The molecular weight excluding hydrogens is 471 g/mol. The molecule has 1 saturated heterocycles. The summed E-state index contributed by atoms with van der Waals surface area (Å²) in [5.74, 6) is -0.966. The molecule has 192 valence electrons. The van der Waals surface area contributed by atoms with E-state index in [1.165, 1.54) is 38.7 Å². The molecule has 4 rings (SSSR count). The van der Waals surface area contributed by atoms with Gasteiger partial charge in [-0.2, -0.15) is 5.10 Å². The van der Waals surface area contributed by atoms with Gasteiger partial charge in [0.25, 0.3) is 5.91 Å². The van der Waals surface area contributed by atoms with Gasteiger partial charge in [-0.15, -0.1) is 0 Å². The maximum atomic E-state index is 14.6. The number of ether oxygens (including phenoxy) is 4. The van der Waals surface area contributed by atoms with Crippen molar-refractivity contribution in [3.05, 3.63) is 53.9 Å². The van der Waals surface area contributed by atoms with Gasteiger partial charge >= 0.3 is 0 Å². The smallest absolute Gasteiger partial charge is 0.251 e. The number of carbonyl (C=O) groups excluding carboxylic acids is 1. The predicted octanol–water partition coefficient (Wildman–Crippen LogP) is 3.04. The van der Waals surface area contributed by atoms with E-state index < -0.39 is 17.2 Å².